The minimum atomic E-state index is -4.62. The number of hydrogen-bond acceptors (Lipinski definition) is 9. The Labute approximate surface area is 201 Å². The van der Waals surface area contributed by atoms with Crippen LogP contribution in [0.4, 0.5) is 17.1 Å². The van der Waals surface area contributed by atoms with Gasteiger partial charge < -0.3 is 14.8 Å². The Hall–Kier alpha value is -3.64. The minimum Gasteiger partial charge on any atom is -0.748 e. The van der Waals surface area contributed by atoms with Crippen LogP contribution in [0.25, 0.3) is 5.57 Å². The lowest BCUT2D eigenvalue weighted by Gasteiger charge is -2.39. The normalized spacial score (nSPS) is 17.1. The van der Waals surface area contributed by atoms with E-state index >= 15 is 0 Å². The Balaban J connectivity index is 2.04. The van der Waals surface area contributed by atoms with Crippen LogP contribution in [-0.4, -0.2) is 39.8 Å². The first-order chi connectivity index (χ1) is 16.3. The van der Waals surface area contributed by atoms with Gasteiger partial charge in [0.25, 0.3) is 5.69 Å². The number of phenolic OH excluding ortho intramolecular Hbond substituents is 1. The highest BCUT2D eigenvalue weighted by Gasteiger charge is 2.36. The zero-order valence-corrected chi connectivity index (χ0v) is 19.9. The molecule has 0 bridgehead atoms. The number of carboxylic acids is 1. The van der Waals surface area contributed by atoms with Crippen LogP contribution in [0.1, 0.15) is 50.2 Å². The molecular weight excluding hydrogens is 478 g/mol. The van der Waals surface area contributed by atoms with Crippen LogP contribution in [0.15, 0.2) is 52.7 Å². The van der Waals surface area contributed by atoms with E-state index in [2.05, 4.69) is 10.2 Å². The van der Waals surface area contributed by atoms with Gasteiger partial charge in [-0.15, -0.1) is 5.11 Å². The van der Waals surface area contributed by atoms with Gasteiger partial charge in [0.05, 0.1) is 26.5 Å². The van der Waals surface area contributed by atoms with Gasteiger partial charge in [0.1, 0.15) is 11.4 Å². The molecule has 3 rings (SSSR count). The summed E-state index contributed by atoms with van der Waals surface area (Å²) in [5.41, 5.74) is 0.846. The molecule has 0 radical (unpaired) electrons. The number of nitrogens with zero attached hydrogens (tertiary/aromatic N) is 3. The Morgan fingerprint density at radius 3 is 2.40 bits per heavy atom. The summed E-state index contributed by atoms with van der Waals surface area (Å²) in [7, 11) is -4.62. The first-order valence-corrected chi connectivity index (χ1v) is 12.2. The number of aliphatic carboxylic acids is 1. The molecule has 1 atom stereocenters. The number of nitro groups is 1. The molecule has 0 saturated carbocycles. The fraction of sp³-hybridized carbons (Fsp3) is 0.348. The van der Waals surface area contributed by atoms with Gasteiger partial charge in [0, 0.05) is 18.6 Å². The first kappa shape index (κ1) is 26.0. The quantitative estimate of drug-likeness (QED) is 0.207. The predicted octanol–water partition coefficient (Wildman–Crippen LogP) is 5.02. The van der Waals surface area contributed by atoms with Gasteiger partial charge in [-0.2, -0.15) is 5.11 Å². The number of rotatable bonds is 9. The number of allylic oxidation sites excluding steroid dienone is 1. The van der Waals surface area contributed by atoms with Gasteiger partial charge in [-0.1, -0.05) is 19.9 Å². The van der Waals surface area contributed by atoms with Gasteiger partial charge in [-0.25, -0.2) is 8.42 Å². The Bertz CT molecular complexity index is 1320. The molecule has 35 heavy (non-hydrogen) atoms. The van der Waals surface area contributed by atoms with E-state index in [0.717, 1.165) is 0 Å². The number of nitro benzene ring substituents is 1. The summed E-state index contributed by atoms with van der Waals surface area (Å²) in [5.74, 6) is -2.17. The number of fused-ring (bicyclic) bond motifs is 1. The third kappa shape index (κ3) is 6.49. The number of benzene rings is 2. The van der Waals surface area contributed by atoms with Gasteiger partial charge in [-0.3, -0.25) is 14.9 Å². The Morgan fingerprint density at radius 2 is 1.83 bits per heavy atom. The topological polar surface area (TPSA) is 183 Å². The van der Waals surface area contributed by atoms with Crippen molar-refractivity contribution in [3.05, 3.63) is 63.7 Å². The maximum absolute atomic E-state index is 11.6. The van der Waals surface area contributed by atoms with Gasteiger partial charge >= 0.3 is 5.97 Å². The smallest absolute Gasteiger partial charge is 0.303 e. The summed E-state index contributed by atoms with van der Waals surface area (Å²) in [6.07, 6.45) is 2.49. The molecule has 0 spiro atoms. The van der Waals surface area contributed by atoms with E-state index in [1.54, 1.807) is 6.08 Å². The lowest BCUT2D eigenvalue weighted by atomic mass is 9.66. The van der Waals surface area contributed by atoms with Crippen molar-refractivity contribution in [2.24, 2.45) is 15.6 Å². The van der Waals surface area contributed by atoms with Crippen molar-refractivity contribution in [3.8, 4) is 5.75 Å². The van der Waals surface area contributed by atoms with Crippen molar-refractivity contribution >= 4 is 38.7 Å². The van der Waals surface area contributed by atoms with Crippen LogP contribution in [-0.2, 0) is 14.9 Å². The van der Waals surface area contributed by atoms with E-state index in [1.165, 1.54) is 36.4 Å². The van der Waals surface area contributed by atoms with Crippen molar-refractivity contribution in [1.29, 1.82) is 0 Å². The molecule has 0 aromatic heterocycles. The van der Waals surface area contributed by atoms with E-state index in [1.807, 2.05) is 13.8 Å². The summed E-state index contributed by atoms with van der Waals surface area (Å²) >= 11 is 0. The molecule has 1 aliphatic rings. The zero-order chi connectivity index (χ0) is 26.0. The molecule has 2 aromatic carbocycles. The highest BCUT2D eigenvalue weighted by molar-refractivity contribution is 7.86. The van der Waals surface area contributed by atoms with Gasteiger partial charge in [0.15, 0.2) is 0 Å². The molecule has 0 amide bonds. The predicted molar refractivity (Wildman–Crippen MR) is 126 cm³/mol. The zero-order valence-electron chi connectivity index (χ0n) is 19.0. The summed E-state index contributed by atoms with van der Waals surface area (Å²) < 4.78 is 34.8. The molecule has 0 fully saturated rings. The number of phenols is 1. The summed E-state index contributed by atoms with van der Waals surface area (Å²) in [6.45, 7) is 3.72. The van der Waals surface area contributed by atoms with Crippen LogP contribution in [0.5, 0.6) is 5.75 Å². The van der Waals surface area contributed by atoms with Crippen LogP contribution in [0, 0.1) is 15.5 Å². The second kappa shape index (κ2) is 9.92. The lowest BCUT2D eigenvalue weighted by Crippen LogP contribution is -2.27. The average Bonchev–Trinajstić information content (AvgIpc) is 2.73. The molecule has 186 valence electrons. The van der Waals surface area contributed by atoms with Gasteiger partial charge in [0.2, 0.25) is 0 Å². The molecule has 12 heteroatoms. The molecule has 2 N–H and O–H groups in total. The fourth-order valence-electron chi connectivity index (χ4n) is 4.32. The lowest BCUT2D eigenvalue weighted by molar-refractivity contribution is -0.384. The second-order valence-electron chi connectivity index (χ2n) is 8.93. The first-order valence-electron chi connectivity index (χ1n) is 10.7. The molecule has 1 unspecified atom stereocenters. The fourth-order valence-corrected chi connectivity index (χ4v) is 4.93. The minimum absolute atomic E-state index is 0.0142. The monoisotopic (exact) mass is 502 g/mol. The number of carboxylic acid groups (broad SMARTS) is 1. The van der Waals surface area contributed by atoms with Crippen molar-refractivity contribution in [3.63, 3.8) is 0 Å². The maximum Gasteiger partial charge on any atom is 0.303 e. The van der Waals surface area contributed by atoms with Crippen LogP contribution in [0.2, 0.25) is 0 Å². The van der Waals surface area contributed by atoms with Crippen LogP contribution in [0.3, 0.4) is 0 Å². The van der Waals surface area contributed by atoms with Crippen LogP contribution < -0.4 is 0 Å². The SMILES string of the molecule is CC1(C)C=C(CS(=O)(=O)[O-])c2cc(N=Nc3ccc([N+](=O)[O-])cc3)c(O)cc2C1CCCC(=O)O. The third-order valence-electron chi connectivity index (χ3n) is 5.86. The Morgan fingerprint density at radius 1 is 1.17 bits per heavy atom. The second-order valence-corrected chi connectivity index (χ2v) is 10.3. The molecule has 11 nitrogen and oxygen atoms in total. The Kier molecular flexibility index (Phi) is 7.36. The average molecular weight is 503 g/mol. The highest BCUT2D eigenvalue weighted by Crippen LogP contribution is 2.51. The van der Waals surface area contributed by atoms with Crippen molar-refractivity contribution < 1.29 is 32.9 Å². The van der Waals surface area contributed by atoms with Crippen molar-refractivity contribution in [2.45, 2.75) is 39.0 Å². The van der Waals surface area contributed by atoms with E-state index in [-0.39, 0.29) is 35.0 Å². The summed E-state index contributed by atoms with van der Waals surface area (Å²) in [5, 5.41) is 38.4. The highest BCUT2D eigenvalue weighted by atomic mass is 32.2. The number of azo groups is 1. The molecule has 0 saturated heterocycles. The van der Waals surface area contributed by atoms with E-state index in [9.17, 15) is 33.0 Å². The maximum atomic E-state index is 11.6. The number of carbonyl (C=O) groups is 1. The van der Waals surface area contributed by atoms with Gasteiger partial charge in [-0.05, 0) is 65.1 Å². The third-order valence-corrected chi connectivity index (χ3v) is 6.53. The molecule has 0 aliphatic heterocycles. The van der Waals surface area contributed by atoms with Crippen molar-refractivity contribution in [1.82, 2.24) is 0 Å². The molecule has 1 aliphatic carbocycles. The summed E-state index contributed by atoms with van der Waals surface area (Å²) in [4.78, 5) is 21.2. The largest absolute Gasteiger partial charge is 0.748 e. The molecule has 0 heterocycles. The van der Waals surface area contributed by atoms with E-state index in [0.29, 0.717) is 29.7 Å². The number of hydrogen-bond donors (Lipinski definition) is 2. The number of non-ortho nitro benzene ring substituents is 1. The van der Waals surface area contributed by atoms with E-state index < -0.39 is 32.2 Å². The number of aromatic hydroxyl groups is 1. The molecule has 2 aromatic rings. The molecular formula is C23H24N3O8S-. The van der Waals surface area contributed by atoms with Crippen molar-refractivity contribution in [2.75, 3.05) is 5.75 Å². The van der Waals surface area contributed by atoms with E-state index in [4.69, 9.17) is 5.11 Å². The summed E-state index contributed by atoms with van der Waals surface area (Å²) in [6, 6.07) is 8.16. The van der Waals surface area contributed by atoms with Crippen LogP contribution >= 0.6 is 0 Å². The standard InChI is InChI=1S/C23H25N3O8S/c1-23(2)12-14(13-35(32,33)34)17-10-20(25-24-15-6-8-16(9-7-15)26(30)31)21(27)11-18(17)19(23)4-3-5-22(28)29/h6-12,19,27H,3-5,13H2,1-2H3,(H,28,29)(H,32,33,34)/p-1.